The second-order valence-electron chi connectivity index (χ2n) is 3.09. The van der Waals surface area contributed by atoms with E-state index in [1.165, 1.54) is 6.92 Å². The van der Waals surface area contributed by atoms with Crippen LogP contribution in [-0.2, 0) is 19.0 Å². The van der Waals surface area contributed by atoms with Crippen LogP contribution in [0.25, 0.3) is 0 Å². The third-order valence-electron chi connectivity index (χ3n) is 1.92. The maximum absolute atomic E-state index is 10.4. The summed E-state index contributed by atoms with van der Waals surface area (Å²) in [5, 5.41) is 0. The van der Waals surface area contributed by atoms with Crippen molar-refractivity contribution >= 4 is 5.97 Å². The highest BCUT2D eigenvalue weighted by Crippen LogP contribution is 2.06. The largest absolute Gasteiger partial charge is 0.466 e. The zero-order valence-electron chi connectivity index (χ0n) is 9.25. The molecule has 0 fully saturated rings. The van der Waals surface area contributed by atoms with Crippen molar-refractivity contribution in [3.63, 3.8) is 0 Å². The number of rotatable bonds is 8. The summed E-state index contributed by atoms with van der Waals surface area (Å²) in [7, 11) is 3.26. The second-order valence-corrected chi connectivity index (χ2v) is 3.09. The van der Waals surface area contributed by atoms with E-state index in [0.717, 1.165) is 25.7 Å². The minimum atomic E-state index is -0.211. The van der Waals surface area contributed by atoms with Gasteiger partial charge in [0.25, 0.3) is 0 Å². The van der Waals surface area contributed by atoms with E-state index in [4.69, 9.17) is 14.2 Å². The first kappa shape index (κ1) is 13.4. The lowest BCUT2D eigenvalue weighted by Gasteiger charge is -2.12. The normalized spacial score (nSPS) is 10.6. The minimum absolute atomic E-state index is 0.108. The Morgan fingerprint density at radius 3 is 2.29 bits per heavy atom. The van der Waals surface area contributed by atoms with Gasteiger partial charge in [0.1, 0.15) is 0 Å². The van der Waals surface area contributed by atoms with Crippen LogP contribution in [0.4, 0.5) is 0 Å². The molecular formula is C10H20O4. The zero-order chi connectivity index (χ0) is 10.8. The van der Waals surface area contributed by atoms with Gasteiger partial charge in [0.15, 0.2) is 6.29 Å². The smallest absolute Gasteiger partial charge is 0.302 e. The van der Waals surface area contributed by atoms with Gasteiger partial charge < -0.3 is 14.2 Å². The number of esters is 1. The summed E-state index contributed by atoms with van der Waals surface area (Å²) in [6, 6.07) is 0. The molecule has 84 valence electrons. The lowest BCUT2D eigenvalue weighted by atomic mass is 10.2. The van der Waals surface area contributed by atoms with Crippen molar-refractivity contribution in [3.05, 3.63) is 0 Å². The number of methoxy groups -OCH3 is 2. The summed E-state index contributed by atoms with van der Waals surface area (Å²) in [6.45, 7) is 1.94. The number of unbranched alkanes of at least 4 members (excludes halogenated alkanes) is 2. The second kappa shape index (κ2) is 8.97. The van der Waals surface area contributed by atoms with Crippen LogP contribution in [0.5, 0.6) is 0 Å². The van der Waals surface area contributed by atoms with Crippen LogP contribution in [0.1, 0.15) is 32.6 Å². The third-order valence-corrected chi connectivity index (χ3v) is 1.92. The highest BCUT2D eigenvalue weighted by molar-refractivity contribution is 5.65. The average molecular weight is 204 g/mol. The summed E-state index contributed by atoms with van der Waals surface area (Å²) in [4.78, 5) is 10.4. The topological polar surface area (TPSA) is 44.8 Å². The molecule has 0 aliphatic rings. The Kier molecular flexibility index (Phi) is 8.57. The molecular weight excluding hydrogens is 184 g/mol. The summed E-state index contributed by atoms with van der Waals surface area (Å²) in [5.74, 6) is -0.211. The maximum atomic E-state index is 10.4. The van der Waals surface area contributed by atoms with Crippen LogP contribution in [0.15, 0.2) is 0 Å². The molecule has 0 saturated carbocycles. The highest BCUT2D eigenvalue weighted by Gasteiger charge is 2.03. The van der Waals surface area contributed by atoms with Gasteiger partial charge in [-0.1, -0.05) is 0 Å². The van der Waals surface area contributed by atoms with E-state index in [0.29, 0.717) is 6.61 Å². The van der Waals surface area contributed by atoms with Crippen LogP contribution >= 0.6 is 0 Å². The van der Waals surface area contributed by atoms with Crippen molar-refractivity contribution < 1.29 is 19.0 Å². The van der Waals surface area contributed by atoms with Crippen molar-refractivity contribution in [3.8, 4) is 0 Å². The summed E-state index contributed by atoms with van der Waals surface area (Å²) in [5.41, 5.74) is 0. The van der Waals surface area contributed by atoms with Crippen molar-refractivity contribution in [1.82, 2.24) is 0 Å². The highest BCUT2D eigenvalue weighted by atomic mass is 16.7. The Morgan fingerprint density at radius 2 is 1.79 bits per heavy atom. The summed E-state index contributed by atoms with van der Waals surface area (Å²) < 4.78 is 14.9. The van der Waals surface area contributed by atoms with Gasteiger partial charge in [-0.05, 0) is 25.7 Å². The molecule has 0 radical (unpaired) electrons. The fourth-order valence-corrected chi connectivity index (χ4v) is 1.14. The Bertz CT molecular complexity index is 143. The molecule has 0 aliphatic heterocycles. The van der Waals surface area contributed by atoms with E-state index in [9.17, 15) is 4.79 Å². The number of hydrogen-bond acceptors (Lipinski definition) is 4. The third kappa shape index (κ3) is 8.01. The fraction of sp³-hybridized carbons (Fsp3) is 0.900. The molecule has 4 nitrogen and oxygen atoms in total. The molecule has 0 aliphatic carbocycles. The first-order valence-corrected chi connectivity index (χ1v) is 4.89. The molecule has 0 heterocycles. The molecule has 14 heavy (non-hydrogen) atoms. The number of carbonyl (C=O) groups excluding carboxylic acids is 1. The van der Waals surface area contributed by atoms with Crippen LogP contribution < -0.4 is 0 Å². The molecule has 0 aromatic carbocycles. The Balaban J connectivity index is 3.16. The van der Waals surface area contributed by atoms with Gasteiger partial charge in [-0.15, -0.1) is 0 Å². The van der Waals surface area contributed by atoms with E-state index in [-0.39, 0.29) is 12.3 Å². The Hall–Kier alpha value is -0.610. The summed E-state index contributed by atoms with van der Waals surface area (Å²) >= 11 is 0. The van der Waals surface area contributed by atoms with E-state index in [1.807, 2.05) is 0 Å². The molecule has 0 unspecified atom stereocenters. The molecule has 0 bridgehead atoms. The Morgan fingerprint density at radius 1 is 1.14 bits per heavy atom. The number of carbonyl (C=O) groups is 1. The van der Waals surface area contributed by atoms with Crippen molar-refractivity contribution in [2.75, 3.05) is 20.8 Å². The molecule has 0 atom stereocenters. The van der Waals surface area contributed by atoms with Crippen LogP contribution in [0.2, 0.25) is 0 Å². The fourth-order valence-electron chi connectivity index (χ4n) is 1.14. The molecule has 0 rings (SSSR count). The van der Waals surface area contributed by atoms with Gasteiger partial charge in [0, 0.05) is 21.1 Å². The van der Waals surface area contributed by atoms with Crippen LogP contribution in [-0.4, -0.2) is 33.1 Å². The van der Waals surface area contributed by atoms with Gasteiger partial charge in [-0.25, -0.2) is 0 Å². The molecule has 0 amide bonds. The van der Waals surface area contributed by atoms with E-state index >= 15 is 0 Å². The zero-order valence-corrected chi connectivity index (χ0v) is 9.25. The molecule has 0 N–H and O–H groups in total. The van der Waals surface area contributed by atoms with Gasteiger partial charge >= 0.3 is 5.97 Å². The van der Waals surface area contributed by atoms with Gasteiger partial charge in [-0.3, -0.25) is 4.79 Å². The molecule has 4 heteroatoms. The molecule has 0 aromatic heterocycles. The molecule has 0 saturated heterocycles. The van der Waals surface area contributed by atoms with E-state index < -0.39 is 0 Å². The van der Waals surface area contributed by atoms with Crippen molar-refractivity contribution in [2.24, 2.45) is 0 Å². The van der Waals surface area contributed by atoms with Crippen molar-refractivity contribution in [1.29, 1.82) is 0 Å². The Labute approximate surface area is 85.5 Å². The van der Waals surface area contributed by atoms with Gasteiger partial charge in [0.05, 0.1) is 6.61 Å². The monoisotopic (exact) mass is 204 g/mol. The predicted molar refractivity (Wildman–Crippen MR) is 52.9 cm³/mol. The SMILES string of the molecule is COC(CCCCCOC(C)=O)OC. The van der Waals surface area contributed by atoms with Crippen LogP contribution in [0, 0.1) is 0 Å². The lowest BCUT2D eigenvalue weighted by Crippen LogP contribution is -2.12. The van der Waals surface area contributed by atoms with Crippen LogP contribution in [0.3, 0.4) is 0 Å². The standard InChI is InChI=1S/C10H20O4/c1-9(11)14-8-6-4-5-7-10(12-2)13-3/h10H,4-8H2,1-3H3. The first-order chi connectivity index (χ1) is 6.70. The van der Waals surface area contributed by atoms with Gasteiger partial charge in [-0.2, -0.15) is 0 Å². The number of ether oxygens (including phenoxy) is 3. The quantitative estimate of drug-likeness (QED) is 0.343. The molecule has 0 spiro atoms. The molecule has 0 aromatic rings. The van der Waals surface area contributed by atoms with Gasteiger partial charge in [0.2, 0.25) is 0 Å². The van der Waals surface area contributed by atoms with E-state index in [2.05, 4.69) is 0 Å². The summed E-state index contributed by atoms with van der Waals surface area (Å²) in [6.07, 6.45) is 3.72. The van der Waals surface area contributed by atoms with Crippen molar-refractivity contribution in [2.45, 2.75) is 38.9 Å². The first-order valence-electron chi connectivity index (χ1n) is 4.89. The predicted octanol–water partition coefficient (Wildman–Crippen LogP) is 1.73. The minimum Gasteiger partial charge on any atom is -0.466 e. The average Bonchev–Trinajstić information content (AvgIpc) is 2.16. The maximum Gasteiger partial charge on any atom is 0.302 e. The lowest BCUT2D eigenvalue weighted by molar-refractivity contribution is -0.141. The van der Waals surface area contributed by atoms with E-state index in [1.54, 1.807) is 14.2 Å². The number of hydrogen-bond donors (Lipinski definition) is 0.